The Hall–Kier alpha value is -1.58. The van der Waals surface area contributed by atoms with E-state index in [-0.39, 0.29) is 11.8 Å². The monoisotopic (exact) mass is 210 g/mol. The van der Waals surface area contributed by atoms with Gasteiger partial charge in [0.15, 0.2) is 0 Å². The van der Waals surface area contributed by atoms with Crippen molar-refractivity contribution >= 4 is 11.8 Å². The Morgan fingerprint density at radius 2 is 1.33 bits per heavy atom. The zero-order valence-electron chi connectivity index (χ0n) is 9.40. The van der Waals surface area contributed by atoms with Crippen LogP contribution in [0.3, 0.4) is 0 Å². The molecule has 0 N–H and O–H groups in total. The molecule has 0 aliphatic heterocycles. The van der Waals surface area contributed by atoms with Gasteiger partial charge >= 0.3 is 0 Å². The molecule has 0 fully saturated rings. The van der Waals surface area contributed by atoms with Gasteiger partial charge in [-0.05, 0) is 18.6 Å². The minimum atomic E-state index is -0.104. The van der Waals surface area contributed by atoms with Crippen LogP contribution >= 0.6 is 0 Å². The van der Waals surface area contributed by atoms with Crippen LogP contribution in [0, 0.1) is 0 Å². The van der Waals surface area contributed by atoms with Crippen molar-refractivity contribution in [2.75, 3.05) is 27.2 Å². The minimum Gasteiger partial charge on any atom is -0.342 e. The minimum absolute atomic E-state index is 0.104. The van der Waals surface area contributed by atoms with Gasteiger partial charge in [0, 0.05) is 27.2 Å². The summed E-state index contributed by atoms with van der Waals surface area (Å²) in [6, 6.07) is 0. The van der Waals surface area contributed by atoms with Crippen LogP contribution < -0.4 is 0 Å². The third-order valence-electron chi connectivity index (χ3n) is 2.09. The zero-order valence-corrected chi connectivity index (χ0v) is 9.40. The molecule has 0 aromatic carbocycles. The largest absolute Gasteiger partial charge is 0.342 e. The molecule has 0 bridgehead atoms. The van der Waals surface area contributed by atoms with E-state index in [1.165, 1.54) is 12.2 Å². The van der Waals surface area contributed by atoms with Crippen molar-refractivity contribution in [2.24, 2.45) is 0 Å². The molecule has 0 aliphatic rings. The van der Waals surface area contributed by atoms with Gasteiger partial charge in [0.2, 0.25) is 11.8 Å². The molecule has 0 unspecified atom stereocenters. The van der Waals surface area contributed by atoms with Gasteiger partial charge in [-0.15, -0.1) is 0 Å². The summed E-state index contributed by atoms with van der Waals surface area (Å²) >= 11 is 0. The Bertz CT molecular complexity index is 235. The number of nitrogens with zero attached hydrogens (tertiary/aromatic N) is 2. The van der Waals surface area contributed by atoms with Gasteiger partial charge in [-0.2, -0.15) is 0 Å². The van der Waals surface area contributed by atoms with Gasteiger partial charge in [-0.25, -0.2) is 0 Å². The topological polar surface area (TPSA) is 40.6 Å². The average molecular weight is 210 g/mol. The van der Waals surface area contributed by atoms with Crippen LogP contribution in [-0.2, 0) is 9.59 Å². The summed E-state index contributed by atoms with van der Waals surface area (Å²) in [6.07, 6.45) is 3.30. The highest BCUT2D eigenvalue weighted by molar-refractivity contribution is 5.87. The van der Waals surface area contributed by atoms with Crippen LogP contribution in [-0.4, -0.2) is 48.8 Å². The van der Waals surface area contributed by atoms with Crippen molar-refractivity contribution < 1.29 is 9.59 Å². The fourth-order valence-electron chi connectivity index (χ4n) is 1.08. The molecule has 2 amide bonds. The van der Waals surface area contributed by atoms with E-state index >= 15 is 0 Å². The lowest BCUT2D eigenvalue weighted by Crippen LogP contribution is -2.31. The molecule has 0 radical (unpaired) electrons. The summed E-state index contributed by atoms with van der Waals surface area (Å²) in [6.45, 7) is 8.02. The molecule has 0 saturated heterocycles. The van der Waals surface area contributed by atoms with Crippen molar-refractivity contribution in [3.05, 3.63) is 25.3 Å². The molecule has 0 saturated carbocycles. The fraction of sp³-hybridized carbons (Fsp3) is 0.455. The molecule has 4 heteroatoms. The Balaban J connectivity index is 3.79. The van der Waals surface area contributed by atoms with Crippen molar-refractivity contribution in [1.29, 1.82) is 0 Å². The lowest BCUT2D eigenvalue weighted by Gasteiger charge is -2.18. The lowest BCUT2D eigenvalue weighted by molar-refractivity contribution is -0.125. The van der Waals surface area contributed by atoms with E-state index in [9.17, 15) is 9.59 Å². The van der Waals surface area contributed by atoms with Crippen LogP contribution in [0.4, 0.5) is 0 Å². The number of hydrogen-bond acceptors (Lipinski definition) is 2. The predicted molar refractivity (Wildman–Crippen MR) is 60.3 cm³/mol. The van der Waals surface area contributed by atoms with Crippen molar-refractivity contribution in [1.82, 2.24) is 9.80 Å². The number of hydrogen-bond donors (Lipinski definition) is 0. The lowest BCUT2D eigenvalue weighted by atomic mass is 10.3. The summed E-state index contributed by atoms with van der Waals surface area (Å²) in [5.74, 6) is -0.208. The Morgan fingerprint density at radius 1 is 1.00 bits per heavy atom. The first kappa shape index (κ1) is 13.4. The van der Waals surface area contributed by atoms with E-state index in [0.717, 1.165) is 6.42 Å². The second-order valence-corrected chi connectivity index (χ2v) is 3.28. The number of rotatable bonds is 6. The first-order chi connectivity index (χ1) is 7.02. The highest BCUT2D eigenvalue weighted by atomic mass is 16.2. The maximum atomic E-state index is 11.1. The van der Waals surface area contributed by atoms with Crippen LogP contribution in [0.1, 0.15) is 6.42 Å². The normalized spacial score (nSPS) is 9.20. The van der Waals surface area contributed by atoms with Gasteiger partial charge in [-0.3, -0.25) is 9.59 Å². The molecule has 15 heavy (non-hydrogen) atoms. The standard InChI is InChI=1S/C11H18N2O2/c1-5-10(14)12(3)8-7-9-13(4)11(15)6-2/h5-6H,1-2,7-9H2,3-4H3. The second-order valence-electron chi connectivity index (χ2n) is 3.28. The second kappa shape index (κ2) is 6.81. The molecule has 0 heterocycles. The highest BCUT2D eigenvalue weighted by Gasteiger charge is 2.06. The molecule has 0 atom stereocenters. The first-order valence-electron chi connectivity index (χ1n) is 4.78. The van der Waals surface area contributed by atoms with Gasteiger partial charge in [0.1, 0.15) is 0 Å². The first-order valence-corrected chi connectivity index (χ1v) is 4.78. The quantitative estimate of drug-likeness (QED) is 0.604. The molecule has 0 aromatic heterocycles. The Kier molecular flexibility index (Phi) is 6.09. The molecule has 0 spiro atoms. The van der Waals surface area contributed by atoms with Crippen molar-refractivity contribution in [2.45, 2.75) is 6.42 Å². The molecular weight excluding hydrogens is 192 g/mol. The summed E-state index contributed by atoms with van der Waals surface area (Å²) in [5, 5.41) is 0. The molecule has 84 valence electrons. The van der Waals surface area contributed by atoms with Crippen LogP contribution in [0.2, 0.25) is 0 Å². The average Bonchev–Trinajstić information content (AvgIpc) is 2.26. The van der Waals surface area contributed by atoms with Gasteiger partial charge < -0.3 is 9.80 Å². The maximum absolute atomic E-state index is 11.1. The molecule has 0 aromatic rings. The molecule has 0 aliphatic carbocycles. The number of carbonyl (C=O) groups is 2. The maximum Gasteiger partial charge on any atom is 0.245 e. The van der Waals surface area contributed by atoms with E-state index in [2.05, 4.69) is 13.2 Å². The number of likely N-dealkylation sites (N-methyl/N-ethyl adjacent to an activating group) is 2. The van der Waals surface area contributed by atoms with Gasteiger partial charge in [-0.1, -0.05) is 13.2 Å². The molecule has 0 rings (SSSR count). The van der Waals surface area contributed by atoms with Gasteiger partial charge in [0.05, 0.1) is 0 Å². The van der Waals surface area contributed by atoms with Crippen molar-refractivity contribution in [3.8, 4) is 0 Å². The summed E-state index contributed by atoms with van der Waals surface area (Å²) < 4.78 is 0. The zero-order chi connectivity index (χ0) is 11.8. The number of amides is 2. The van der Waals surface area contributed by atoms with E-state index in [4.69, 9.17) is 0 Å². The molecule has 4 nitrogen and oxygen atoms in total. The predicted octanol–water partition coefficient (Wildman–Crippen LogP) is 0.665. The number of carbonyl (C=O) groups excluding carboxylic acids is 2. The highest BCUT2D eigenvalue weighted by Crippen LogP contribution is 1.93. The van der Waals surface area contributed by atoms with E-state index in [1.807, 2.05) is 0 Å². The molecular formula is C11H18N2O2. The summed E-state index contributed by atoms with van der Waals surface area (Å²) in [7, 11) is 3.42. The summed E-state index contributed by atoms with van der Waals surface area (Å²) in [4.78, 5) is 25.3. The Labute approximate surface area is 90.9 Å². The van der Waals surface area contributed by atoms with Crippen LogP contribution in [0.5, 0.6) is 0 Å². The van der Waals surface area contributed by atoms with Crippen LogP contribution in [0.25, 0.3) is 0 Å². The van der Waals surface area contributed by atoms with E-state index in [1.54, 1.807) is 23.9 Å². The van der Waals surface area contributed by atoms with Crippen molar-refractivity contribution in [3.63, 3.8) is 0 Å². The fourth-order valence-corrected chi connectivity index (χ4v) is 1.08. The Morgan fingerprint density at radius 3 is 1.60 bits per heavy atom. The SMILES string of the molecule is C=CC(=O)N(C)CCCN(C)C(=O)C=C. The smallest absolute Gasteiger partial charge is 0.245 e. The van der Waals surface area contributed by atoms with Gasteiger partial charge in [0.25, 0.3) is 0 Å². The third kappa shape index (κ3) is 5.00. The van der Waals surface area contributed by atoms with E-state index in [0.29, 0.717) is 13.1 Å². The summed E-state index contributed by atoms with van der Waals surface area (Å²) in [5.41, 5.74) is 0. The van der Waals surface area contributed by atoms with E-state index < -0.39 is 0 Å². The van der Waals surface area contributed by atoms with Crippen LogP contribution in [0.15, 0.2) is 25.3 Å². The third-order valence-corrected chi connectivity index (χ3v) is 2.09.